The minimum Gasteiger partial charge on any atom is -0.444 e. The standard InChI is InChI=1S/C26H27FN4O2/c1-26(2,3)33-25(32)31-12-6-8-19(17-31)23-13-20(18-7-5-11-28-16-18)14-24(30-23)29-22-10-4-9-21(27)15-22/h4-5,7-11,13-16H,6,12,17H2,1-3H3,(H,29,30). The zero-order valence-electron chi connectivity index (χ0n) is 19.0. The maximum atomic E-state index is 13.7. The molecule has 1 aliphatic rings. The van der Waals surface area contributed by atoms with Gasteiger partial charge in [0.2, 0.25) is 0 Å². The van der Waals surface area contributed by atoms with Crippen LogP contribution in [0.25, 0.3) is 16.7 Å². The fourth-order valence-corrected chi connectivity index (χ4v) is 3.59. The molecule has 0 radical (unpaired) electrons. The highest BCUT2D eigenvalue weighted by molar-refractivity contribution is 5.78. The molecule has 33 heavy (non-hydrogen) atoms. The quantitative estimate of drug-likeness (QED) is 0.528. The van der Waals surface area contributed by atoms with E-state index >= 15 is 0 Å². The van der Waals surface area contributed by atoms with Crippen molar-refractivity contribution in [1.82, 2.24) is 14.9 Å². The Morgan fingerprint density at radius 2 is 1.97 bits per heavy atom. The lowest BCUT2D eigenvalue weighted by atomic mass is 10.0. The zero-order chi connectivity index (χ0) is 23.4. The van der Waals surface area contributed by atoms with Crippen LogP contribution in [0.3, 0.4) is 0 Å². The van der Waals surface area contributed by atoms with Gasteiger partial charge < -0.3 is 15.0 Å². The van der Waals surface area contributed by atoms with Crippen LogP contribution in [0.5, 0.6) is 0 Å². The van der Waals surface area contributed by atoms with Crippen molar-refractivity contribution in [2.45, 2.75) is 32.8 Å². The first-order valence-corrected chi connectivity index (χ1v) is 10.9. The Hall–Kier alpha value is -3.74. The van der Waals surface area contributed by atoms with Crippen molar-refractivity contribution < 1.29 is 13.9 Å². The molecule has 4 rings (SSSR count). The van der Waals surface area contributed by atoms with E-state index in [0.29, 0.717) is 31.0 Å². The van der Waals surface area contributed by atoms with Gasteiger partial charge in [-0.25, -0.2) is 14.2 Å². The highest BCUT2D eigenvalue weighted by Gasteiger charge is 2.25. The molecule has 1 amide bonds. The van der Waals surface area contributed by atoms with E-state index in [0.717, 1.165) is 22.4 Å². The molecule has 1 N–H and O–H groups in total. The van der Waals surface area contributed by atoms with Gasteiger partial charge in [-0.05, 0) is 74.7 Å². The van der Waals surface area contributed by atoms with Gasteiger partial charge in [0.05, 0.1) is 12.2 Å². The molecule has 0 spiro atoms. The molecule has 0 saturated carbocycles. The maximum Gasteiger partial charge on any atom is 0.410 e. The summed E-state index contributed by atoms with van der Waals surface area (Å²) in [6.07, 6.45) is 5.98. The van der Waals surface area contributed by atoms with Crippen LogP contribution in [0.1, 0.15) is 32.9 Å². The van der Waals surface area contributed by atoms with Crippen molar-refractivity contribution in [3.8, 4) is 11.1 Å². The topological polar surface area (TPSA) is 67.3 Å². The molecule has 3 aromatic rings. The van der Waals surface area contributed by atoms with E-state index in [-0.39, 0.29) is 11.9 Å². The van der Waals surface area contributed by atoms with Gasteiger partial charge in [-0.3, -0.25) is 4.98 Å². The number of amides is 1. The number of ether oxygens (including phenoxy) is 1. The predicted molar refractivity (Wildman–Crippen MR) is 128 cm³/mol. The molecule has 0 bridgehead atoms. The summed E-state index contributed by atoms with van der Waals surface area (Å²) in [4.78, 5) is 23.3. The van der Waals surface area contributed by atoms with Gasteiger partial charge in [0.15, 0.2) is 0 Å². The van der Waals surface area contributed by atoms with Crippen LogP contribution >= 0.6 is 0 Å². The Kier molecular flexibility index (Phi) is 6.40. The molecular formula is C26H27FN4O2. The number of nitrogens with zero attached hydrogens (tertiary/aromatic N) is 3. The third-order valence-corrected chi connectivity index (χ3v) is 5.05. The van der Waals surface area contributed by atoms with E-state index in [1.165, 1.54) is 12.1 Å². The first-order valence-electron chi connectivity index (χ1n) is 10.9. The summed E-state index contributed by atoms with van der Waals surface area (Å²) in [5.74, 6) is 0.249. The van der Waals surface area contributed by atoms with E-state index < -0.39 is 5.60 Å². The van der Waals surface area contributed by atoms with E-state index in [9.17, 15) is 9.18 Å². The van der Waals surface area contributed by atoms with Crippen LogP contribution in [0.2, 0.25) is 0 Å². The molecule has 7 heteroatoms. The van der Waals surface area contributed by atoms with Crippen molar-refractivity contribution in [1.29, 1.82) is 0 Å². The second-order valence-electron chi connectivity index (χ2n) is 8.92. The lowest BCUT2D eigenvalue weighted by Gasteiger charge is -2.30. The Morgan fingerprint density at radius 3 is 2.70 bits per heavy atom. The molecule has 3 heterocycles. The molecule has 1 aliphatic heterocycles. The van der Waals surface area contributed by atoms with Gasteiger partial charge in [0.1, 0.15) is 17.2 Å². The number of halogens is 1. The Balaban J connectivity index is 1.66. The van der Waals surface area contributed by atoms with Crippen LogP contribution in [-0.2, 0) is 4.74 Å². The number of anilines is 2. The average molecular weight is 447 g/mol. The molecule has 170 valence electrons. The molecule has 0 atom stereocenters. The number of aromatic nitrogens is 2. The van der Waals surface area contributed by atoms with E-state index in [1.54, 1.807) is 29.4 Å². The van der Waals surface area contributed by atoms with Gasteiger partial charge in [-0.2, -0.15) is 0 Å². The summed E-state index contributed by atoms with van der Waals surface area (Å²) in [6.45, 7) is 6.56. The minimum atomic E-state index is -0.557. The summed E-state index contributed by atoms with van der Waals surface area (Å²) in [5.41, 5.74) is 3.57. The highest BCUT2D eigenvalue weighted by Crippen LogP contribution is 2.29. The SMILES string of the molecule is CC(C)(C)OC(=O)N1CCC=C(c2cc(-c3cccnc3)cc(Nc3cccc(F)c3)n2)C1. The van der Waals surface area contributed by atoms with E-state index in [2.05, 4.69) is 16.4 Å². The fraction of sp³-hybridized carbons (Fsp3) is 0.269. The van der Waals surface area contributed by atoms with Crippen LogP contribution in [0, 0.1) is 5.82 Å². The van der Waals surface area contributed by atoms with E-state index in [1.807, 2.05) is 45.0 Å². The monoisotopic (exact) mass is 446 g/mol. The van der Waals surface area contributed by atoms with Gasteiger partial charge in [-0.15, -0.1) is 0 Å². The number of nitrogens with one attached hydrogen (secondary N) is 1. The van der Waals surface area contributed by atoms with Crippen molar-refractivity contribution in [3.63, 3.8) is 0 Å². The number of rotatable bonds is 4. The molecule has 6 nitrogen and oxygen atoms in total. The van der Waals surface area contributed by atoms with Crippen LogP contribution in [0.4, 0.5) is 20.7 Å². The molecule has 2 aromatic heterocycles. The lowest BCUT2D eigenvalue weighted by molar-refractivity contribution is 0.0273. The second kappa shape index (κ2) is 9.40. The molecule has 1 aromatic carbocycles. The molecular weight excluding hydrogens is 419 g/mol. The Morgan fingerprint density at radius 1 is 1.12 bits per heavy atom. The first-order chi connectivity index (χ1) is 15.8. The summed E-state index contributed by atoms with van der Waals surface area (Å²) in [7, 11) is 0. The summed E-state index contributed by atoms with van der Waals surface area (Å²) < 4.78 is 19.2. The van der Waals surface area contributed by atoms with Crippen molar-refractivity contribution in [3.05, 3.63) is 78.5 Å². The number of carbonyl (C=O) groups is 1. The zero-order valence-corrected chi connectivity index (χ0v) is 19.0. The largest absolute Gasteiger partial charge is 0.444 e. The van der Waals surface area contributed by atoms with E-state index in [4.69, 9.17) is 9.72 Å². The summed E-state index contributed by atoms with van der Waals surface area (Å²) >= 11 is 0. The van der Waals surface area contributed by atoms with Gasteiger partial charge in [0.25, 0.3) is 0 Å². The normalized spacial score (nSPS) is 13.9. The summed E-state index contributed by atoms with van der Waals surface area (Å²) in [5, 5.41) is 3.20. The van der Waals surface area contributed by atoms with Crippen LogP contribution < -0.4 is 5.32 Å². The molecule has 0 unspecified atom stereocenters. The summed E-state index contributed by atoms with van der Waals surface area (Å²) in [6, 6.07) is 14.0. The minimum absolute atomic E-state index is 0.327. The predicted octanol–water partition coefficient (Wildman–Crippen LogP) is 6.05. The van der Waals surface area contributed by atoms with Gasteiger partial charge in [-0.1, -0.05) is 18.2 Å². The number of carbonyl (C=O) groups excluding carboxylic acids is 1. The molecule has 0 fully saturated rings. The van der Waals surface area contributed by atoms with Crippen molar-refractivity contribution >= 4 is 23.2 Å². The average Bonchev–Trinajstić information content (AvgIpc) is 2.78. The number of pyridine rings is 2. The number of hydrogen-bond acceptors (Lipinski definition) is 5. The second-order valence-corrected chi connectivity index (χ2v) is 8.92. The van der Waals surface area contributed by atoms with Crippen LogP contribution in [-0.4, -0.2) is 39.7 Å². The van der Waals surface area contributed by atoms with Crippen molar-refractivity contribution in [2.75, 3.05) is 18.4 Å². The smallest absolute Gasteiger partial charge is 0.410 e. The number of benzene rings is 1. The lowest BCUT2D eigenvalue weighted by Crippen LogP contribution is -2.39. The first kappa shape index (κ1) is 22.5. The maximum absolute atomic E-state index is 13.7. The third-order valence-electron chi connectivity index (χ3n) is 5.05. The fourth-order valence-electron chi connectivity index (χ4n) is 3.59. The third kappa shape index (κ3) is 5.94. The Labute approximate surface area is 193 Å². The van der Waals surface area contributed by atoms with Gasteiger partial charge in [0, 0.05) is 30.2 Å². The Bertz CT molecular complexity index is 1170. The van der Waals surface area contributed by atoms with Gasteiger partial charge >= 0.3 is 6.09 Å². The molecule has 0 saturated heterocycles. The highest BCUT2D eigenvalue weighted by atomic mass is 19.1. The van der Waals surface area contributed by atoms with Crippen LogP contribution in [0.15, 0.2) is 67.0 Å². The molecule has 0 aliphatic carbocycles. The van der Waals surface area contributed by atoms with Crippen molar-refractivity contribution in [2.24, 2.45) is 0 Å². The number of hydrogen-bond donors (Lipinski definition) is 1.